The summed E-state index contributed by atoms with van der Waals surface area (Å²) in [7, 11) is 2.18. The Bertz CT molecular complexity index is 275. The van der Waals surface area contributed by atoms with E-state index in [0.717, 1.165) is 26.1 Å². The van der Waals surface area contributed by atoms with Gasteiger partial charge in [-0.05, 0) is 55.0 Å². The molecule has 0 amide bonds. The predicted molar refractivity (Wildman–Crippen MR) is 71.3 cm³/mol. The highest BCUT2D eigenvalue weighted by Crippen LogP contribution is 2.20. The van der Waals surface area contributed by atoms with Gasteiger partial charge in [-0.3, -0.25) is 0 Å². The summed E-state index contributed by atoms with van der Waals surface area (Å²) in [5, 5.41) is 2.14. The highest BCUT2D eigenvalue weighted by molar-refractivity contribution is 9.10. The second-order valence-corrected chi connectivity index (χ2v) is 5.73. The summed E-state index contributed by atoms with van der Waals surface area (Å²) in [6, 6.07) is 2.20. The van der Waals surface area contributed by atoms with Crippen LogP contribution in [-0.4, -0.2) is 25.0 Å². The molecule has 0 radical (unpaired) electrons. The molecule has 0 unspecified atom stereocenters. The van der Waals surface area contributed by atoms with Crippen LogP contribution >= 0.6 is 27.3 Å². The zero-order chi connectivity index (χ0) is 11.1. The SMILES string of the molecule is CN(CCCCCN)Cc1cc(Br)cs1. The van der Waals surface area contributed by atoms with Gasteiger partial charge in [-0.2, -0.15) is 0 Å². The van der Waals surface area contributed by atoms with Crippen LogP contribution in [0.1, 0.15) is 24.1 Å². The molecule has 0 aliphatic rings. The molecule has 0 saturated carbocycles. The fourth-order valence-electron chi connectivity index (χ4n) is 1.48. The van der Waals surface area contributed by atoms with Crippen molar-refractivity contribution in [3.63, 3.8) is 0 Å². The highest BCUT2D eigenvalue weighted by Gasteiger charge is 2.02. The predicted octanol–water partition coefficient (Wildman–Crippen LogP) is 3.07. The second-order valence-electron chi connectivity index (χ2n) is 3.82. The smallest absolute Gasteiger partial charge is 0.0325 e. The van der Waals surface area contributed by atoms with Crippen molar-refractivity contribution in [2.45, 2.75) is 25.8 Å². The third-order valence-electron chi connectivity index (χ3n) is 2.29. The summed E-state index contributed by atoms with van der Waals surface area (Å²) >= 11 is 5.29. The normalized spacial score (nSPS) is 11.2. The molecule has 86 valence electrons. The Hall–Kier alpha value is 0.1000. The van der Waals surface area contributed by atoms with Crippen LogP contribution in [0.5, 0.6) is 0 Å². The quantitative estimate of drug-likeness (QED) is 0.782. The molecule has 0 aliphatic heterocycles. The molecule has 0 atom stereocenters. The molecule has 0 saturated heterocycles. The van der Waals surface area contributed by atoms with E-state index in [2.05, 4.69) is 39.3 Å². The molecule has 15 heavy (non-hydrogen) atoms. The van der Waals surface area contributed by atoms with Crippen LogP contribution in [0.15, 0.2) is 15.9 Å². The number of thiophene rings is 1. The number of unbranched alkanes of at least 4 members (excludes halogenated alkanes) is 2. The van der Waals surface area contributed by atoms with Crippen LogP contribution in [0.25, 0.3) is 0 Å². The van der Waals surface area contributed by atoms with Gasteiger partial charge in [0.1, 0.15) is 0 Å². The van der Waals surface area contributed by atoms with E-state index in [9.17, 15) is 0 Å². The third kappa shape index (κ3) is 5.66. The zero-order valence-corrected chi connectivity index (χ0v) is 11.6. The molecular weight excluding hydrogens is 272 g/mol. The van der Waals surface area contributed by atoms with E-state index in [1.807, 2.05) is 11.3 Å². The monoisotopic (exact) mass is 290 g/mol. The van der Waals surface area contributed by atoms with Crippen molar-refractivity contribution in [3.05, 3.63) is 20.8 Å². The minimum atomic E-state index is 0.821. The summed E-state index contributed by atoms with van der Waals surface area (Å²) in [5.74, 6) is 0. The number of nitrogens with zero attached hydrogens (tertiary/aromatic N) is 1. The van der Waals surface area contributed by atoms with Gasteiger partial charge in [-0.15, -0.1) is 11.3 Å². The van der Waals surface area contributed by atoms with Crippen molar-refractivity contribution >= 4 is 27.3 Å². The zero-order valence-electron chi connectivity index (χ0n) is 9.21. The fourth-order valence-corrected chi connectivity index (χ4v) is 3.01. The maximum atomic E-state index is 5.45. The number of hydrogen-bond acceptors (Lipinski definition) is 3. The maximum absolute atomic E-state index is 5.45. The van der Waals surface area contributed by atoms with Crippen LogP contribution in [0, 0.1) is 0 Å². The van der Waals surface area contributed by atoms with Crippen molar-refractivity contribution in [1.29, 1.82) is 0 Å². The Morgan fingerprint density at radius 3 is 2.80 bits per heavy atom. The first-order valence-corrected chi connectivity index (χ1v) is 7.01. The molecule has 1 aromatic rings. The van der Waals surface area contributed by atoms with Crippen LogP contribution in [0.2, 0.25) is 0 Å². The summed E-state index contributed by atoms with van der Waals surface area (Å²) in [6.45, 7) is 3.04. The Kier molecular flexibility index (Phi) is 6.48. The Morgan fingerprint density at radius 2 is 2.20 bits per heavy atom. The van der Waals surface area contributed by atoms with Gasteiger partial charge in [0.05, 0.1) is 0 Å². The van der Waals surface area contributed by atoms with Gasteiger partial charge in [-0.1, -0.05) is 6.42 Å². The van der Waals surface area contributed by atoms with Crippen LogP contribution in [0.4, 0.5) is 0 Å². The van der Waals surface area contributed by atoms with Crippen LogP contribution < -0.4 is 5.73 Å². The van der Waals surface area contributed by atoms with Gasteiger partial charge in [0.25, 0.3) is 0 Å². The van der Waals surface area contributed by atoms with Gasteiger partial charge in [0.2, 0.25) is 0 Å². The minimum absolute atomic E-state index is 0.821. The topological polar surface area (TPSA) is 29.3 Å². The molecule has 4 heteroatoms. The summed E-state index contributed by atoms with van der Waals surface area (Å²) in [6.07, 6.45) is 3.65. The third-order valence-corrected chi connectivity index (χ3v) is 3.97. The molecule has 1 aromatic heterocycles. The van der Waals surface area contributed by atoms with E-state index < -0.39 is 0 Å². The highest BCUT2D eigenvalue weighted by atomic mass is 79.9. The molecule has 0 bridgehead atoms. The lowest BCUT2D eigenvalue weighted by atomic mass is 10.2. The van der Waals surface area contributed by atoms with Gasteiger partial charge in [0.15, 0.2) is 0 Å². The largest absolute Gasteiger partial charge is 0.330 e. The lowest BCUT2D eigenvalue weighted by Gasteiger charge is -2.14. The number of halogens is 1. The summed E-state index contributed by atoms with van der Waals surface area (Å²) in [4.78, 5) is 3.79. The van der Waals surface area contributed by atoms with Gasteiger partial charge < -0.3 is 10.6 Å². The second kappa shape index (κ2) is 7.39. The van der Waals surface area contributed by atoms with E-state index in [4.69, 9.17) is 5.73 Å². The fraction of sp³-hybridized carbons (Fsp3) is 0.636. The van der Waals surface area contributed by atoms with Crippen molar-refractivity contribution in [1.82, 2.24) is 4.90 Å². The molecular formula is C11H19BrN2S. The molecule has 2 nitrogen and oxygen atoms in total. The van der Waals surface area contributed by atoms with Gasteiger partial charge in [0, 0.05) is 21.3 Å². The molecule has 0 fully saturated rings. The standard InChI is InChI=1S/C11H19BrN2S/c1-14(6-4-2-3-5-13)8-11-7-10(12)9-15-11/h7,9H,2-6,8,13H2,1H3. The van der Waals surface area contributed by atoms with Crippen molar-refractivity contribution in [2.24, 2.45) is 5.73 Å². The van der Waals surface area contributed by atoms with Crippen molar-refractivity contribution < 1.29 is 0 Å². The summed E-state index contributed by atoms with van der Waals surface area (Å²) < 4.78 is 1.19. The molecule has 0 aromatic carbocycles. The first-order valence-electron chi connectivity index (χ1n) is 5.34. The minimum Gasteiger partial charge on any atom is -0.330 e. The average molecular weight is 291 g/mol. The molecule has 1 heterocycles. The van der Waals surface area contributed by atoms with Crippen LogP contribution in [-0.2, 0) is 6.54 Å². The Morgan fingerprint density at radius 1 is 1.40 bits per heavy atom. The van der Waals surface area contributed by atoms with E-state index in [1.54, 1.807) is 0 Å². The lowest BCUT2D eigenvalue weighted by Crippen LogP contribution is -2.18. The average Bonchev–Trinajstić information content (AvgIpc) is 2.59. The molecule has 2 N–H and O–H groups in total. The van der Waals surface area contributed by atoms with Gasteiger partial charge in [-0.25, -0.2) is 0 Å². The van der Waals surface area contributed by atoms with E-state index in [1.165, 1.54) is 22.2 Å². The van der Waals surface area contributed by atoms with E-state index in [0.29, 0.717) is 0 Å². The maximum Gasteiger partial charge on any atom is 0.0325 e. The Balaban J connectivity index is 2.15. The summed E-state index contributed by atoms with van der Waals surface area (Å²) in [5.41, 5.74) is 5.45. The van der Waals surface area contributed by atoms with Crippen molar-refractivity contribution in [3.8, 4) is 0 Å². The molecule has 0 aliphatic carbocycles. The van der Waals surface area contributed by atoms with E-state index in [-0.39, 0.29) is 0 Å². The Labute approximate surface area is 105 Å². The number of rotatable bonds is 7. The first-order chi connectivity index (χ1) is 7.22. The molecule has 0 spiro atoms. The van der Waals surface area contributed by atoms with Crippen LogP contribution in [0.3, 0.4) is 0 Å². The van der Waals surface area contributed by atoms with Gasteiger partial charge >= 0.3 is 0 Å². The number of hydrogen-bond donors (Lipinski definition) is 1. The first kappa shape index (κ1) is 13.2. The van der Waals surface area contributed by atoms with E-state index >= 15 is 0 Å². The van der Waals surface area contributed by atoms with Crippen molar-refractivity contribution in [2.75, 3.05) is 20.1 Å². The lowest BCUT2D eigenvalue weighted by molar-refractivity contribution is 0.320. The molecule has 1 rings (SSSR count). The number of nitrogens with two attached hydrogens (primary N) is 1.